The average Bonchev–Trinajstić information content (AvgIpc) is 2.82. The fraction of sp³-hybridized carbons (Fsp3) is 0.0909. The Morgan fingerprint density at radius 3 is 2.65 bits per heavy atom. The summed E-state index contributed by atoms with van der Waals surface area (Å²) in [6, 6.07) is 1.86. The van der Waals surface area contributed by atoms with Crippen molar-refractivity contribution >= 4 is 39.6 Å². The van der Waals surface area contributed by atoms with Crippen LogP contribution in [0.2, 0.25) is 0 Å². The summed E-state index contributed by atoms with van der Waals surface area (Å²) in [5, 5.41) is 17.6. The number of anilines is 1. The van der Waals surface area contributed by atoms with E-state index in [1.54, 1.807) is 5.38 Å². The molecule has 0 bridgehead atoms. The molecule has 6 heteroatoms. The molecule has 0 aromatic carbocycles. The molecule has 2 aromatic heterocycles. The standard InChI is InChI=1S/C11H9NO3S2/c1-6(13)12-10-9(11(14)15)8(5-17-10)7-2-3-16-4-7/h2-5H,1H3,(H,12,13)(H,14,15). The van der Waals surface area contributed by atoms with Crippen LogP contribution in [-0.4, -0.2) is 17.0 Å². The normalized spacial score (nSPS) is 10.2. The van der Waals surface area contributed by atoms with Crippen molar-refractivity contribution in [3.05, 3.63) is 27.8 Å². The first-order valence-electron chi connectivity index (χ1n) is 4.74. The van der Waals surface area contributed by atoms with Gasteiger partial charge in [0.1, 0.15) is 10.6 Å². The van der Waals surface area contributed by atoms with Gasteiger partial charge in [-0.2, -0.15) is 11.3 Å². The van der Waals surface area contributed by atoms with E-state index in [1.807, 2.05) is 16.8 Å². The number of thiophene rings is 2. The molecule has 0 atom stereocenters. The van der Waals surface area contributed by atoms with E-state index in [2.05, 4.69) is 5.32 Å². The lowest BCUT2D eigenvalue weighted by Gasteiger charge is -2.02. The zero-order valence-electron chi connectivity index (χ0n) is 8.89. The second kappa shape index (κ2) is 4.68. The van der Waals surface area contributed by atoms with E-state index in [-0.39, 0.29) is 11.5 Å². The summed E-state index contributed by atoms with van der Waals surface area (Å²) < 4.78 is 0. The van der Waals surface area contributed by atoms with E-state index in [9.17, 15) is 14.7 Å². The minimum atomic E-state index is -1.03. The molecular formula is C11H9NO3S2. The van der Waals surface area contributed by atoms with E-state index in [1.165, 1.54) is 29.6 Å². The Bertz CT molecular complexity index is 557. The molecule has 2 rings (SSSR count). The number of carbonyl (C=O) groups is 2. The van der Waals surface area contributed by atoms with Gasteiger partial charge in [-0.25, -0.2) is 4.79 Å². The van der Waals surface area contributed by atoms with Gasteiger partial charge in [0.2, 0.25) is 5.91 Å². The predicted molar refractivity (Wildman–Crippen MR) is 68.9 cm³/mol. The summed E-state index contributed by atoms with van der Waals surface area (Å²) >= 11 is 2.73. The van der Waals surface area contributed by atoms with Crippen molar-refractivity contribution in [1.82, 2.24) is 0 Å². The Morgan fingerprint density at radius 2 is 2.12 bits per heavy atom. The van der Waals surface area contributed by atoms with E-state index in [4.69, 9.17) is 0 Å². The lowest BCUT2D eigenvalue weighted by atomic mass is 10.1. The van der Waals surface area contributed by atoms with Crippen LogP contribution in [0.1, 0.15) is 17.3 Å². The summed E-state index contributed by atoms with van der Waals surface area (Å²) in [6.45, 7) is 1.36. The zero-order valence-corrected chi connectivity index (χ0v) is 10.5. The third kappa shape index (κ3) is 2.37. The maximum atomic E-state index is 11.2. The molecule has 0 aliphatic heterocycles. The van der Waals surface area contributed by atoms with Gasteiger partial charge in [0, 0.05) is 17.9 Å². The predicted octanol–water partition coefficient (Wildman–Crippen LogP) is 3.13. The summed E-state index contributed by atoms with van der Waals surface area (Å²) in [5.74, 6) is -1.30. The van der Waals surface area contributed by atoms with Crippen LogP contribution in [0.25, 0.3) is 11.1 Å². The van der Waals surface area contributed by atoms with Gasteiger partial charge in [0.15, 0.2) is 0 Å². The molecule has 0 radical (unpaired) electrons. The van der Waals surface area contributed by atoms with Gasteiger partial charge in [-0.3, -0.25) is 4.79 Å². The molecule has 0 aliphatic rings. The highest BCUT2D eigenvalue weighted by molar-refractivity contribution is 7.15. The highest BCUT2D eigenvalue weighted by atomic mass is 32.1. The molecule has 88 valence electrons. The smallest absolute Gasteiger partial charge is 0.339 e. The van der Waals surface area contributed by atoms with E-state index in [0.717, 1.165) is 5.56 Å². The van der Waals surface area contributed by atoms with Crippen LogP contribution >= 0.6 is 22.7 Å². The maximum absolute atomic E-state index is 11.2. The molecule has 17 heavy (non-hydrogen) atoms. The van der Waals surface area contributed by atoms with Crippen LogP contribution < -0.4 is 5.32 Å². The topological polar surface area (TPSA) is 66.4 Å². The lowest BCUT2D eigenvalue weighted by molar-refractivity contribution is -0.114. The van der Waals surface area contributed by atoms with Gasteiger partial charge in [-0.05, 0) is 22.4 Å². The molecule has 0 saturated carbocycles. The van der Waals surface area contributed by atoms with Crippen molar-refractivity contribution in [1.29, 1.82) is 0 Å². The van der Waals surface area contributed by atoms with Crippen LogP contribution in [0.3, 0.4) is 0 Å². The number of carboxylic acid groups (broad SMARTS) is 1. The van der Waals surface area contributed by atoms with Gasteiger partial charge in [-0.15, -0.1) is 11.3 Å². The third-order valence-corrected chi connectivity index (χ3v) is 3.71. The van der Waals surface area contributed by atoms with E-state index >= 15 is 0 Å². The fourth-order valence-corrected chi connectivity index (χ4v) is 3.12. The molecule has 2 heterocycles. The third-order valence-electron chi connectivity index (χ3n) is 2.13. The fourth-order valence-electron chi connectivity index (χ4n) is 1.45. The summed E-state index contributed by atoms with van der Waals surface area (Å²) in [4.78, 5) is 22.2. The SMILES string of the molecule is CC(=O)Nc1scc(-c2ccsc2)c1C(=O)O. The molecule has 0 unspecified atom stereocenters. The molecular weight excluding hydrogens is 258 g/mol. The number of carbonyl (C=O) groups excluding carboxylic acids is 1. The van der Waals surface area contributed by atoms with Gasteiger partial charge in [0.05, 0.1) is 0 Å². The Morgan fingerprint density at radius 1 is 1.35 bits per heavy atom. The van der Waals surface area contributed by atoms with Crippen LogP contribution in [0.15, 0.2) is 22.2 Å². The molecule has 2 N–H and O–H groups in total. The maximum Gasteiger partial charge on any atom is 0.339 e. The number of hydrogen-bond acceptors (Lipinski definition) is 4. The first-order valence-corrected chi connectivity index (χ1v) is 6.56. The van der Waals surface area contributed by atoms with Crippen LogP contribution in [0, 0.1) is 0 Å². The number of hydrogen-bond donors (Lipinski definition) is 2. The zero-order chi connectivity index (χ0) is 12.4. The van der Waals surface area contributed by atoms with Gasteiger partial charge >= 0.3 is 5.97 Å². The molecule has 2 aromatic rings. The second-order valence-electron chi connectivity index (χ2n) is 3.35. The first kappa shape index (κ1) is 11.8. The Balaban J connectivity index is 2.51. The van der Waals surface area contributed by atoms with Crippen LogP contribution in [-0.2, 0) is 4.79 Å². The van der Waals surface area contributed by atoms with Gasteiger partial charge in [0.25, 0.3) is 0 Å². The van der Waals surface area contributed by atoms with Crippen molar-refractivity contribution < 1.29 is 14.7 Å². The first-order chi connectivity index (χ1) is 8.09. The Hall–Kier alpha value is -1.66. The van der Waals surface area contributed by atoms with Crippen LogP contribution in [0.5, 0.6) is 0 Å². The minimum absolute atomic E-state index is 0.156. The average molecular weight is 267 g/mol. The Kier molecular flexibility index (Phi) is 3.26. The highest BCUT2D eigenvalue weighted by Crippen LogP contribution is 2.36. The summed E-state index contributed by atoms with van der Waals surface area (Å²) in [7, 11) is 0. The molecule has 0 spiro atoms. The lowest BCUT2D eigenvalue weighted by Crippen LogP contribution is -2.08. The van der Waals surface area contributed by atoms with E-state index in [0.29, 0.717) is 10.6 Å². The number of rotatable bonds is 3. The number of nitrogens with one attached hydrogen (secondary N) is 1. The second-order valence-corrected chi connectivity index (χ2v) is 5.01. The minimum Gasteiger partial charge on any atom is -0.478 e. The van der Waals surface area contributed by atoms with Crippen molar-refractivity contribution in [2.75, 3.05) is 5.32 Å². The monoisotopic (exact) mass is 267 g/mol. The molecule has 0 fully saturated rings. The van der Waals surface area contributed by atoms with Crippen molar-refractivity contribution in [3.8, 4) is 11.1 Å². The number of aromatic carboxylic acids is 1. The van der Waals surface area contributed by atoms with Crippen molar-refractivity contribution in [2.24, 2.45) is 0 Å². The number of carboxylic acids is 1. The summed E-state index contributed by atoms with van der Waals surface area (Å²) in [6.07, 6.45) is 0. The quantitative estimate of drug-likeness (QED) is 0.897. The van der Waals surface area contributed by atoms with Gasteiger partial charge < -0.3 is 10.4 Å². The molecule has 4 nitrogen and oxygen atoms in total. The van der Waals surface area contributed by atoms with Crippen molar-refractivity contribution in [3.63, 3.8) is 0 Å². The molecule has 0 aliphatic carbocycles. The molecule has 0 saturated heterocycles. The van der Waals surface area contributed by atoms with Crippen molar-refractivity contribution in [2.45, 2.75) is 6.92 Å². The van der Waals surface area contributed by atoms with Gasteiger partial charge in [-0.1, -0.05) is 0 Å². The highest BCUT2D eigenvalue weighted by Gasteiger charge is 2.20. The van der Waals surface area contributed by atoms with Crippen LogP contribution in [0.4, 0.5) is 5.00 Å². The summed E-state index contributed by atoms with van der Waals surface area (Å²) in [5.41, 5.74) is 1.66. The Labute approximate surface area is 106 Å². The number of amides is 1. The van der Waals surface area contributed by atoms with E-state index < -0.39 is 5.97 Å². The largest absolute Gasteiger partial charge is 0.478 e. The molecule has 1 amide bonds.